The van der Waals surface area contributed by atoms with Crippen LogP contribution in [0.4, 0.5) is 0 Å². The van der Waals surface area contributed by atoms with Crippen molar-refractivity contribution in [3.05, 3.63) is 0 Å². The Morgan fingerprint density at radius 3 is 2.60 bits per heavy atom. The second-order valence-electron chi connectivity index (χ2n) is 4.67. The molecule has 0 heterocycles. The lowest BCUT2D eigenvalue weighted by atomic mass is 10.0. The lowest BCUT2D eigenvalue weighted by Gasteiger charge is -2.18. The molecule has 1 unspecified atom stereocenters. The second kappa shape index (κ2) is 3.40. The van der Waals surface area contributed by atoms with E-state index in [1.54, 1.807) is 0 Å². The van der Waals surface area contributed by atoms with Gasteiger partial charge in [0.2, 0.25) is 5.91 Å². The lowest BCUT2D eigenvalue weighted by Crippen LogP contribution is -2.44. The molecule has 0 saturated heterocycles. The number of nitrogens with two attached hydrogens (primary N) is 1. The van der Waals surface area contributed by atoms with Crippen LogP contribution >= 0.6 is 0 Å². The van der Waals surface area contributed by atoms with Gasteiger partial charge in [0.15, 0.2) is 5.84 Å². The van der Waals surface area contributed by atoms with Crippen LogP contribution in [0, 0.1) is 11.3 Å². The Bertz CT molecular complexity index is 306. The van der Waals surface area contributed by atoms with Crippen molar-refractivity contribution in [1.29, 1.82) is 0 Å². The predicted octanol–water partition coefficient (Wildman–Crippen LogP) is 0.428. The van der Waals surface area contributed by atoms with Gasteiger partial charge in [0.05, 0.1) is 0 Å². The highest BCUT2D eigenvalue weighted by atomic mass is 16.4. The van der Waals surface area contributed by atoms with Crippen molar-refractivity contribution in [2.75, 3.05) is 0 Å². The molecule has 2 rings (SSSR count). The van der Waals surface area contributed by atoms with Crippen LogP contribution in [0.1, 0.15) is 32.6 Å². The van der Waals surface area contributed by atoms with Gasteiger partial charge >= 0.3 is 0 Å². The molecule has 2 aliphatic carbocycles. The number of nitrogens with one attached hydrogen (secondary N) is 1. The minimum Gasteiger partial charge on any atom is -0.409 e. The van der Waals surface area contributed by atoms with E-state index in [2.05, 4.69) is 10.5 Å². The largest absolute Gasteiger partial charge is 0.409 e. The molecule has 0 aromatic heterocycles. The van der Waals surface area contributed by atoms with E-state index >= 15 is 0 Å². The van der Waals surface area contributed by atoms with Crippen molar-refractivity contribution in [3.63, 3.8) is 0 Å². The van der Waals surface area contributed by atoms with Gasteiger partial charge in [-0.05, 0) is 38.5 Å². The van der Waals surface area contributed by atoms with Gasteiger partial charge < -0.3 is 16.3 Å². The Kier molecular flexibility index (Phi) is 2.32. The fourth-order valence-electron chi connectivity index (χ4n) is 1.88. The van der Waals surface area contributed by atoms with Gasteiger partial charge in [-0.15, -0.1) is 0 Å². The average molecular weight is 211 g/mol. The number of carbonyl (C=O) groups is 1. The summed E-state index contributed by atoms with van der Waals surface area (Å²) in [6.45, 7) is 2.01. The van der Waals surface area contributed by atoms with E-state index in [0.29, 0.717) is 18.8 Å². The standard InChI is InChI=1S/C10H17N3O2/c1-6(7-2-3-7)12-9(14)10(4-5-10)8(11)13-15/h6-7,15H,2-5H2,1H3,(H2,11,13)(H,12,14). The molecule has 1 atom stereocenters. The molecule has 2 saturated carbocycles. The Morgan fingerprint density at radius 2 is 2.20 bits per heavy atom. The Hall–Kier alpha value is -1.26. The van der Waals surface area contributed by atoms with E-state index in [1.165, 1.54) is 12.8 Å². The van der Waals surface area contributed by atoms with E-state index in [-0.39, 0.29) is 17.8 Å². The highest BCUT2D eigenvalue weighted by Crippen LogP contribution is 2.46. The van der Waals surface area contributed by atoms with Gasteiger partial charge in [0, 0.05) is 6.04 Å². The first-order chi connectivity index (χ1) is 7.10. The van der Waals surface area contributed by atoms with Gasteiger partial charge in [-0.3, -0.25) is 4.79 Å². The highest BCUT2D eigenvalue weighted by molar-refractivity contribution is 6.09. The third-order valence-corrected chi connectivity index (χ3v) is 3.47. The fraction of sp³-hybridized carbons (Fsp3) is 0.800. The number of carbonyl (C=O) groups excluding carboxylic acids is 1. The molecule has 0 aromatic carbocycles. The molecule has 0 radical (unpaired) electrons. The molecule has 84 valence electrons. The maximum atomic E-state index is 11.9. The van der Waals surface area contributed by atoms with E-state index in [1.807, 2.05) is 6.92 Å². The van der Waals surface area contributed by atoms with Crippen LogP contribution in [-0.2, 0) is 4.79 Å². The second-order valence-corrected chi connectivity index (χ2v) is 4.67. The lowest BCUT2D eigenvalue weighted by molar-refractivity contribution is -0.124. The summed E-state index contributed by atoms with van der Waals surface area (Å²) in [5.41, 5.74) is 4.81. The highest BCUT2D eigenvalue weighted by Gasteiger charge is 2.54. The van der Waals surface area contributed by atoms with Crippen molar-refractivity contribution in [3.8, 4) is 0 Å². The molecule has 15 heavy (non-hydrogen) atoms. The van der Waals surface area contributed by atoms with Gasteiger partial charge in [-0.1, -0.05) is 5.16 Å². The zero-order valence-corrected chi connectivity index (χ0v) is 8.86. The fourth-order valence-corrected chi connectivity index (χ4v) is 1.88. The minimum atomic E-state index is -0.710. The molecule has 5 heteroatoms. The number of hydrogen-bond donors (Lipinski definition) is 3. The number of hydrogen-bond acceptors (Lipinski definition) is 3. The number of amides is 1. The minimum absolute atomic E-state index is 0.0444. The van der Waals surface area contributed by atoms with Gasteiger partial charge in [0.1, 0.15) is 5.41 Å². The summed E-state index contributed by atoms with van der Waals surface area (Å²) in [4.78, 5) is 11.9. The maximum absolute atomic E-state index is 11.9. The summed E-state index contributed by atoms with van der Waals surface area (Å²) in [7, 11) is 0. The summed E-state index contributed by atoms with van der Waals surface area (Å²) < 4.78 is 0. The Morgan fingerprint density at radius 1 is 1.60 bits per heavy atom. The summed E-state index contributed by atoms with van der Waals surface area (Å²) in [5.74, 6) is 0.581. The first-order valence-electron chi connectivity index (χ1n) is 5.39. The number of rotatable bonds is 4. The molecule has 2 aliphatic rings. The van der Waals surface area contributed by atoms with Gasteiger partial charge in [0.25, 0.3) is 0 Å². The van der Waals surface area contributed by atoms with Crippen LogP contribution in [0.3, 0.4) is 0 Å². The molecule has 0 aliphatic heterocycles. The normalized spacial score (nSPS) is 25.8. The van der Waals surface area contributed by atoms with E-state index in [4.69, 9.17) is 10.9 Å². The van der Waals surface area contributed by atoms with Crippen LogP contribution in [0.15, 0.2) is 5.16 Å². The van der Waals surface area contributed by atoms with Crippen molar-refractivity contribution >= 4 is 11.7 Å². The maximum Gasteiger partial charge on any atom is 0.234 e. The molecular weight excluding hydrogens is 194 g/mol. The first-order valence-corrected chi connectivity index (χ1v) is 5.39. The topological polar surface area (TPSA) is 87.7 Å². The van der Waals surface area contributed by atoms with Crippen molar-refractivity contribution < 1.29 is 10.0 Å². The molecule has 0 bridgehead atoms. The van der Waals surface area contributed by atoms with E-state index < -0.39 is 5.41 Å². The van der Waals surface area contributed by atoms with Gasteiger partial charge in [-0.25, -0.2) is 0 Å². The molecule has 0 spiro atoms. The number of nitrogens with zero attached hydrogens (tertiary/aromatic N) is 1. The quantitative estimate of drug-likeness (QED) is 0.273. The Labute approximate surface area is 88.7 Å². The molecule has 5 nitrogen and oxygen atoms in total. The molecule has 0 aromatic rings. The van der Waals surface area contributed by atoms with E-state index in [0.717, 1.165) is 0 Å². The van der Waals surface area contributed by atoms with Crippen LogP contribution < -0.4 is 11.1 Å². The molecule has 1 amide bonds. The number of oxime groups is 1. The first kappa shape index (κ1) is 10.3. The average Bonchev–Trinajstić information content (AvgIpc) is 3.04. The summed E-state index contributed by atoms with van der Waals surface area (Å²) >= 11 is 0. The molecule has 2 fully saturated rings. The molecular formula is C10H17N3O2. The molecule has 4 N–H and O–H groups in total. The van der Waals surface area contributed by atoms with E-state index in [9.17, 15) is 4.79 Å². The zero-order valence-electron chi connectivity index (χ0n) is 8.86. The summed E-state index contributed by atoms with van der Waals surface area (Å²) in [5, 5.41) is 14.5. The third-order valence-electron chi connectivity index (χ3n) is 3.47. The van der Waals surface area contributed by atoms with Crippen LogP contribution in [0.25, 0.3) is 0 Å². The van der Waals surface area contributed by atoms with Gasteiger partial charge in [-0.2, -0.15) is 0 Å². The summed E-state index contributed by atoms with van der Waals surface area (Å²) in [6.07, 6.45) is 3.76. The third kappa shape index (κ3) is 1.78. The Balaban J connectivity index is 1.95. The monoisotopic (exact) mass is 211 g/mol. The van der Waals surface area contributed by atoms with Crippen LogP contribution in [-0.4, -0.2) is 23.0 Å². The van der Waals surface area contributed by atoms with Crippen molar-refractivity contribution in [2.24, 2.45) is 22.2 Å². The van der Waals surface area contributed by atoms with Crippen LogP contribution in [0.2, 0.25) is 0 Å². The SMILES string of the molecule is CC(NC(=O)C1(C(N)=NO)CC1)C1CC1. The summed E-state index contributed by atoms with van der Waals surface area (Å²) in [6, 6.07) is 0.210. The number of amidine groups is 1. The predicted molar refractivity (Wildman–Crippen MR) is 55.4 cm³/mol. The van der Waals surface area contributed by atoms with Crippen LogP contribution in [0.5, 0.6) is 0 Å². The van der Waals surface area contributed by atoms with Crippen molar-refractivity contribution in [1.82, 2.24) is 5.32 Å². The van der Waals surface area contributed by atoms with Crippen molar-refractivity contribution in [2.45, 2.75) is 38.6 Å². The smallest absolute Gasteiger partial charge is 0.234 e. The zero-order chi connectivity index (χ0) is 11.1.